The van der Waals surface area contributed by atoms with Gasteiger partial charge in [-0.25, -0.2) is 0 Å². The van der Waals surface area contributed by atoms with Crippen molar-refractivity contribution in [1.82, 2.24) is 0 Å². The Balaban J connectivity index is 0.000000259. The molecule has 0 spiro atoms. The van der Waals surface area contributed by atoms with Crippen LogP contribution in [0.25, 0.3) is 0 Å². The summed E-state index contributed by atoms with van der Waals surface area (Å²) in [5.74, 6) is 2.16. The van der Waals surface area contributed by atoms with Gasteiger partial charge >= 0.3 is 0 Å². The monoisotopic (exact) mass is 718 g/mol. The number of hydrogen-bond donors (Lipinski definition) is 1. The van der Waals surface area contributed by atoms with Crippen LogP contribution in [-0.2, 0) is 9.59 Å². The second kappa shape index (κ2) is 18.5. The molecule has 0 aliphatic heterocycles. The van der Waals surface area contributed by atoms with Gasteiger partial charge in [-0.3, -0.25) is 14.5 Å². The summed E-state index contributed by atoms with van der Waals surface area (Å²) in [5.41, 5.74) is 7.94. The summed E-state index contributed by atoms with van der Waals surface area (Å²) in [5, 5.41) is 2.73. The summed E-state index contributed by atoms with van der Waals surface area (Å²) < 4.78 is 1.31. The number of halogens is 1. The standard InChI is InChI=1S/C20H25NO.C11H15NO.C9H11I/c1-14(2)17-6-10-19(11-7-17)21(16(5)22)20-12-8-18(9-13-20)15(3)4;1-8(2)10-4-6-11(7-5-10)12-9(3)13;1-7(2)8-3-5-9(10)6-4-8/h6-15H,1-5H3;4-8H,1-3H3,(H,12,13);3-7H,1-2H3. The highest BCUT2D eigenvalue weighted by atomic mass is 127. The van der Waals surface area contributed by atoms with Crippen LogP contribution in [0, 0.1) is 3.57 Å². The molecule has 0 atom stereocenters. The van der Waals surface area contributed by atoms with Crippen molar-refractivity contribution in [3.05, 3.63) is 123 Å². The fraction of sp³-hybridized carbons (Fsp3) is 0.350. The summed E-state index contributed by atoms with van der Waals surface area (Å²) in [4.78, 5) is 24.6. The Morgan fingerprint density at radius 2 is 0.800 bits per heavy atom. The van der Waals surface area contributed by atoms with Crippen LogP contribution in [0.4, 0.5) is 17.1 Å². The molecule has 5 heteroatoms. The van der Waals surface area contributed by atoms with Crippen molar-refractivity contribution < 1.29 is 9.59 Å². The Morgan fingerprint density at radius 3 is 1.07 bits per heavy atom. The SMILES string of the molecule is CC(=O)N(c1ccc(C(C)C)cc1)c1ccc(C(C)C)cc1.CC(=O)Nc1ccc(C(C)C)cc1.CC(C)c1ccc(I)cc1. The number of anilines is 3. The van der Waals surface area contributed by atoms with Crippen molar-refractivity contribution in [3.63, 3.8) is 0 Å². The van der Waals surface area contributed by atoms with Crippen molar-refractivity contribution in [1.29, 1.82) is 0 Å². The van der Waals surface area contributed by atoms with Crippen LogP contribution in [-0.4, -0.2) is 11.8 Å². The van der Waals surface area contributed by atoms with E-state index in [9.17, 15) is 9.59 Å². The first-order valence-electron chi connectivity index (χ1n) is 15.8. The first-order valence-corrected chi connectivity index (χ1v) is 16.9. The fourth-order valence-electron chi connectivity index (χ4n) is 4.53. The molecular weight excluding hydrogens is 667 g/mol. The van der Waals surface area contributed by atoms with Crippen LogP contribution in [0.3, 0.4) is 0 Å². The van der Waals surface area contributed by atoms with Crippen LogP contribution < -0.4 is 10.2 Å². The quantitative estimate of drug-likeness (QED) is 0.193. The van der Waals surface area contributed by atoms with Gasteiger partial charge in [-0.05, 0) is 117 Å². The third-order valence-electron chi connectivity index (χ3n) is 7.39. The van der Waals surface area contributed by atoms with Crippen LogP contribution in [0.2, 0.25) is 0 Å². The molecule has 4 aromatic rings. The predicted octanol–water partition coefficient (Wildman–Crippen LogP) is 11.8. The molecular formula is C40H51IN2O2. The third kappa shape index (κ3) is 12.8. The van der Waals surface area contributed by atoms with E-state index < -0.39 is 0 Å². The van der Waals surface area contributed by atoms with E-state index in [-0.39, 0.29) is 11.8 Å². The Labute approximate surface area is 285 Å². The molecule has 240 valence electrons. The number of carbonyl (C=O) groups is 2. The predicted molar refractivity (Wildman–Crippen MR) is 202 cm³/mol. The first kappa shape index (κ1) is 37.7. The van der Waals surface area contributed by atoms with Crippen LogP contribution in [0.1, 0.15) is 115 Å². The van der Waals surface area contributed by atoms with Gasteiger partial charge in [0.15, 0.2) is 0 Å². The third-order valence-corrected chi connectivity index (χ3v) is 8.10. The normalized spacial score (nSPS) is 10.6. The molecule has 0 bridgehead atoms. The van der Waals surface area contributed by atoms with E-state index in [1.54, 1.807) is 11.8 Å². The van der Waals surface area contributed by atoms with Crippen LogP contribution >= 0.6 is 22.6 Å². The number of nitrogens with zero attached hydrogens (tertiary/aromatic N) is 1. The average molecular weight is 719 g/mol. The van der Waals surface area contributed by atoms with Crippen LogP contribution in [0.15, 0.2) is 97.1 Å². The Kier molecular flexibility index (Phi) is 15.5. The number of benzene rings is 4. The van der Waals surface area contributed by atoms with Gasteiger partial charge in [0.1, 0.15) is 0 Å². The van der Waals surface area contributed by atoms with Gasteiger partial charge in [-0.15, -0.1) is 0 Å². The molecule has 0 fully saturated rings. The topological polar surface area (TPSA) is 49.4 Å². The lowest BCUT2D eigenvalue weighted by molar-refractivity contribution is -0.116. The minimum atomic E-state index is -0.0303. The maximum Gasteiger partial charge on any atom is 0.228 e. The zero-order chi connectivity index (χ0) is 33.7. The fourth-order valence-corrected chi connectivity index (χ4v) is 4.89. The zero-order valence-electron chi connectivity index (χ0n) is 28.7. The molecule has 0 unspecified atom stereocenters. The molecule has 2 amide bonds. The van der Waals surface area contributed by atoms with E-state index in [1.807, 2.05) is 48.5 Å². The molecule has 0 aliphatic carbocycles. The average Bonchev–Trinajstić information content (AvgIpc) is 2.98. The lowest BCUT2D eigenvalue weighted by Gasteiger charge is -2.22. The summed E-state index contributed by atoms with van der Waals surface area (Å²) in [6.07, 6.45) is 0. The summed E-state index contributed by atoms with van der Waals surface area (Å²) >= 11 is 2.32. The van der Waals surface area contributed by atoms with Gasteiger partial charge in [0.2, 0.25) is 11.8 Å². The van der Waals surface area contributed by atoms with Crippen molar-refractivity contribution >= 4 is 51.5 Å². The maximum absolute atomic E-state index is 12.1. The van der Waals surface area contributed by atoms with E-state index in [2.05, 4.69) is 132 Å². The Morgan fingerprint density at radius 1 is 0.511 bits per heavy atom. The highest BCUT2D eigenvalue weighted by Gasteiger charge is 2.14. The van der Waals surface area contributed by atoms with Crippen LogP contribution in [0.5, 0.6) is 0 Å². The number of hydrogen-bond acceptors (Lipinski definition) is 2. The lowest BCUT2D eigenvalue weighted by atomic mass is 10.0. The van der Waals surface area contributed by atoms with Crippen molar-refractivity contribution in [2.45, 2.75) is 92.9 Å². The number of amides is 2. The Bertz CT molecular complexity index is 1400. The number of carbonyl (C=O) groups excluding carboxylic acids is 2. The van der Waals surface area contributed by atoms with E-state index >= 15 is 0 Å². The van der Waals surface area contributed by atoms with Gasteiger partial charge in [0.25, 0.3) is 0 Å². The zero-order valence-corrected chi connectivity index (χ0v) is 30.8. The van der Waals surface area contributed by atoms with E-state index in [1.165, 1.54) is 32.7 Å². The summed E-state index contributed by atoms with van der Waals surface area (Å²) in [6, 6.07) is 33.1. The first-order chi connectivity index (χ1) is 21.2. The Hall–Kier alpha value is -3.45. The van der Waals surface area contributed by atoms with E-state index in [0.29, 0.717) is 23.7 Å². The molecule has 0 saturated carbocycles. The largest absolute Gasteiger partial charge is 0.326 e. The molecule has 0 saturated heterocycles. The molecule has 4 nitrogen and oxygen atoms in total. The molecule has 4 rings (SSSR count). The summed E-state index contributed by atoms with van der Waals surface area (Å²) in [6.45, 7) is 20.5. The highest BCUT2D eigenvalue weighted by molar-refractivity contribution is 14.1. The summed E-state index contributed by atoms with van der Waals surface area (Å²) in [7, 11) is 0. The van der Waals surface area contributed by atoms with Gasteiger partial charge in [-0.2, -0.15) is 0 Å². The second-order valence-electron chi connectivity index (χ2n) is 12.5. The lowest BCUT2D eigenvalue weighted by Crippen LogP contribution is -2.22. The smallest absolute Gasteiger partial charge is 0.228 e. The minimum Gasteiger partial charge on any atom is -0.326 e. The van der Waals surface area contributed by atoms with Crippen molar-refractivity contribution in [2.24, 2.45) is 0 Å². The molecule has 0 aliphatic rings. The van der Waals surface area contributed by atoms with Gasteiger partial charge in [0, 0.05) is 34.5 Å². The van der Waals surface area contributed by atoms with E-state index in [4.69, 9.17) is 0 Å². The number of rotatable bonds is 7. The molecule has 0 radical (unpaired) electrons. The van der Waals surface area contributed by atoms with Gasteiger partial charge in [0.05, 0.1) is 0 Å². The second-order valence-corrected chi connectivity index (χ2v) is 13.8. The molecule has 0 aromatic heterocycles. The maximum atomic E-state index is 12.1. The molecule has 0 heterocycles. The molecule has 4 aromatic carbocycles. The van der Waals surface area contributed by atoms with Crippen molar-refractivity contribution in [3.8, 4) is 0 Å². The molecule has 1 N–H and O–H groups in total. The number of nitrogens with one attached hydrogen (secondary N) is 1. The minimum absolute atomic E-state index is 0.0228. The van der Waals surface area contributed by atoms with Gasteiger partial charge < -0.3 is 5.32 Å². The highest BCUT2D eigenvalue weighted by Crippen LogP contribution is 2.29. The van der Waals surface area contributed by atoms with Crippen molar-refractivity contribution in [2.75, 3.05) is 10.2 Å². The van der Waals surface area contributed by atoms with Gasteiger partial charge in [-0.1, -0.05) is 104 Å². The van der Waals surface area contributed by atoms with E-state index in [0.717, 1.165) is 17.1 Å². The molecule has 45 heavy (non-hydrogen) atoms.